The number of nitrogens with one attached hydrogen (secondary N) is 1. The van der Waals surface area contributed by atoms with Gasteiger partial charge in [0.25, 0.3) is 0 Å². The molecule has 0 spiro atoms. The maximum absolute atomic E-state index is 5.62. The summed E-state index contributed by atoms with van der Waals surface area (Å²) in [6.07, 6.45) is 3.19. The Labute approximate surface area is 68.6 Å². The van der Waals surface area contributed by atoms with Crippen LogP contribution in [-0.4, -0.2) is 6.23 Å². The van der Waals surface area contributed by atoms with Crippen LogP contribution in [0.5, 0.6) is 0 Å². The van der Waals surface area contributed by atoms with Gasteiger partial charge in [-0.1, -0.05) is 27.7 Å². The van der Waals surface area contributed by atoms with Gasteiger partial charge in [0.05, 0.1) is 0 Å². The number of allylic oxidation sites excluding steroid dienone is 1. The van der Waals surface area contributed by atoms with E-state index in [-0.39, 0.29) is 11.6 Å². The molecule has 0 saturated heterocycles. The molecule has 1 heterocycles. The van der Waals surface area contributed by atoms with E-state index in [1.807, 2.05) is 6.20 Å². The molecule has 0 aromatic heterocycles. The summed E-state index contributed by atoms with van der Waals surface area (Å²) >= 11 is 0. The first-order valence-electron chi connectivity index (χ1n) is 4.17. The Morgan fingerprint density at radius 2 is 2.18 bits per heavy atom. The van der Waals surface area contributed by atoms with Crippen molar-refractivity contribution in [1.82, 2.24) is 5.32 Å². The largest absolute Gasteiger partial charge is 0.473 e. The molecule has 0 aromatic carbocycles. The molecule has 0 fully saturated rings. The number of ether oxygens (including phenoxy) is 1. The quantitative estimate of drug-likeness (QED) is 0.627. The van der Waals surface area contributed by atoms with Crippen LogP contribution < -0.4 is 5.32 Å². The zero-order valence-electron chi connectivity index (χ0n) is 7.77. The third kappa shape index (κ3) is 1.88. The summed E-state index contributed by atoms with van der Waals surface area (Å²) in [6.45, 7) is 8.56. The van der Waals surface area contributed by atoms with E-state index < -0.39 is 0 Å². The van der Waals surface area contributed by atoms with Crippen molar-refractivity contribution in [1.29, 1.82) is 0 Å². The molecule has 0 aromatic rings. The molecule has 2 nitrogen and oxygen atoms in total. The van der Waals surface area contributed by atoms with E-state index in [0.29, 0.717) is 0 Å². The van der Waals surface area contributed by atoms with Crippen molar-refractivity contribution in [3.63, 3.8) is 0 Å². The van der Waals surface area contributed by atoms with Crippen molar-refractivity contribution in [2.45, 2.75) is 40.3 Å². The van der Waals surface area contributed by atoms with Crippen molar-refractivity contribution >= 4 is 0 Å². The topological polar surface area (TPSA) is 21.3 Å². The monoisotopic (exact) mass is 155 g/mol. The molecule has 0 bridgehead atoms. The second-order valence-corrected chi connectivity index (χ2v) is 3.94. The van der Waals surface area contributed by atoms with Gasteiger partial charge in [0.15, 0.2) is 6.23 Å². The van der Waals surface area contributed by atoms with E-state index >= 15 is 0 Å². The maximum atomic E-state index is 5.62. The van der Waals surface area contributed by atoms with Crippen LogP contribution in [0.2, 0.25) is 0 Å². The fraction of sp³-hybridized carbons (Fsp3) is 0.778. The zero-order valence-corrected chi connectivity index (χ0v) is 7.77. The summed E-state index contributed by atoms with van der Waals surface area (Å²) in [5, 5.41) is 3.18. The Hall–Kier alpha value is -0.660. The van der Waals surface area contributed by atoms with Crippen molar-refractivity contribution in [2.24, 2.45) is 5.41 Å². The predicted octanol–water partition coefficient (Wildman–Crippen LogP) is 2.23. The summed E-state index contributed by atoms with van der Waals surface area (Å²) in [7, 11) is 0. The van der Waals surface area contributed by atoms with E-state index in [1.54, 1.807) is 0 Å². The van der Waals surface area contributed by atoms with Gasteiger partial charge in [-0.2, -0.15) is 0 Å². The molecule has 0 saturated carbocycles. The van der Waals surface area contributed by atoms with E-state index in [0.717, 1.165) is 12.2 Å². The fourth-order valence-corrected chi connectivity index (χ4v) is 0.984. The van der Waals surface area contributed by atoms with Crippen molar-refractivity contribution in [3.8, 4) is 0 Å². The Kier molecular flexibility index (Phi) is 2.12. The van der Waals surface area contributed by atoms with Gasteiger partial charge in [-0.3, -0.25) is 0 Å². The average Bonchev–Trinajstić information content (AvgIpc) is 2.32. The summed E-state index contributed by atoms with van der Waals surface area (Å²) in [4.78, 5) is 0. The molecule has 11 heavy (non-hydrogen) atoms. The average molecular weight is 155 g/mol. The van der Waals surface area contributed by atoms with Gasteiger partial charge in [0.2, 0.25) is 0 Å². The molecule has 64 valence electrons. The second-order valence-electron chi connectivity index (χ2n) is 3.94. The Balaban J connectivity index is 2.53. The van der Waals surface area contributed by atoms with Gasteiger partial charge in [-0.05, 0) is 0 Å². The van der Waals surface area contributed by atoms with Crippen molar-refractivity contribution in [3.05, 3.63) is 12.0 Å². The van der Waals surface area contributed by atoms with E-state index in [9.17, 15) is 0 Å². The first-order valence-corrected chi connectivity index (χ1v) is 4.17. The van der Waals surface area contributed by atoms with Crippen LogP contribution in [-0.2, 0) is 4.74 Å². The zero-order chi connectivity index (χ0) is 8.48. The molecule has 2 heteroatoms. The normalized spacial score (nSPS) is 24.0. The Morgan fingerprint density at radius 3 is 2.45 bits per heavy atom. The van der Waals surface area contributed by atoms with Crippen LogP contribution in [0, 0.1) is 5.41 Å². The minimum atomic E-state index is 0.136. The molecule has 1 rings (SSSR count). The predicted molar refractivity (Wildman–Crippen MR) is 45.8 cm³/mol. The first-order chi connectivity index (χ1) is 5.04. The molecule has 1 aliphatic rings. The van der Waals surface area contributed by atoms with Crippen molar-refractivity contribution in [2.75, 3.05) is 0 Å². The van der Waals surface area contributed by atoms with Gasteiger partial charge in [0.1, 0.15) is 5.76 Å². The minimum absolute atomic E-state index is 0.136. The highest BCUT2D eigenvalue weighted by molar-refractivity contribution is 5.06. The van der Waals surface area contributed by atoms with E-state index in [4.69, 9.17) is 4.74 Å². The SMILES string of the molecule is CCC1NC=C(C(C)(C)C)O1. The van der Waals surface area contributed by atoms with Crippen LogP contribution in [0.4, 0.5) is 0 Å². The lowest BCUT2D eigenvalue weighted by atomic mass is 9.95. The number of rotatable bonds is 1. The number of hydrogen-bond donors (Lipinski definition) is 1. The standard InChI is InChI=1S/C9H17NO/c1-5-8-10-6-7(11-8)9(2,3)4/h6,8,10H,5H2,1-4H3. The molecular weight excluding hydrogens is 138 g/mol. The minimum Gasteiger partial charge on any atom is -0.473 e. The molecule has 1 unspecified atom stereocenters. The molecule has 1 N–H and O–H groups in total. The third-order valence-electron chi connectivity index (χ3n) is 1.78. The van der Waals surface area contributed by atoms with Gasteiger partial charge < -0.3 is 10.1 Å². The molecule has 1 atom stereocenters. The highest BCUT2D eigenvalue weighted by Crippen LogP contribution is 2.29. The highest BCUT2D eigenvalue weighted by Gasteiger charge is 2.25. The Morgan fingerprint density at radius 1 is 1.55 bits per heavy atom. The van der Waals surface area contributed by atoms with Crippen LogP contribution in [0.15, 0.2) is 12.0 Å². The maximum Gasteiger partial charge on any atom is 0.168 e. The third-order valence-corrected chi connectivity index (χ3v) is 1.78. The highest BCUT2D eigenvalue weighted by atomic mass is 16.5. The van der Waals surface area contributed by atoms with Gasteiger partial charge >= 0.3 is 0 Å². The summed E-state index contributed by atoms with van der Waals surface area (Å²) in [5.74, 6) is 1.06. The number of hydrogen-bond acceptors (Lipinski definition) is 2. The van der Waals surface area contributed by atoms with Crippen LogP contribution in [0.3, 0.4) is 0 Å². The van der Waals surface area contributed by atoms with Gasteiger partial charge in [-0.25, -0.2) is 0 Å². The molecule has 0 aliphatic carbocycles. The second kappa shape index (κ2) is 2.76. The summed E-state index contributed by atoms with van der Waals surface area (Å²) in [5.41, 5.74) is 0.136. The van der Waals surface area contributed by atoms with Crippen LogP contribution in [0.25, 0.3) is 0 Å². The molecule has 1 aliphatic heterocycles. The smallest absolute Gasteiger partial charge is 0.168 e. The summed E-state index contributed by atoms with van der Waals surface area (Å²) in [6, 6.07) is 0. The molecule has 0 amide bonds. The van der Waals surface area contributed by atoms with E-state index in [2.05, 4.69) is 33.0 Å². The van der Waals surface area contributed by atoms with Gasteiger partial charge in [-0.15, -0.1) is 0 Å². The Bertz CT molecular complexity index is 167. The molecular formula is C9H17NO. The van der Waals surface area contributed by atoms with Crippen LogP contribution in [0.1, 0.15) is 34.1 Å². The lowest BCUT2D eigenvalue weighted by molar-refractivity contribution is 0.0882. The fourth-order valence-electron chi connectivity index (χ4n) is 0.984. The van der Waals surface area contributed by atoms with E-state index in [1.165, 1.54) is 0 Å². The first kappa shape index (κ1) is 8.44. The summed E-state index contributed by atoms with van der Waals surface area (Å²) < 4.78 is 5.62. The lowest BCUT2D eigenvalue weighted by Gasteiger charge is -2.20. The molecule has 0 radical (unpaired) electrons. The van der Waals surface area contributed by atoms with Gasteiger partial charge in [0, 0.05) is 18.0 Å². The van der Waals surface area contributed by atoms with Crippen LogP contribution >= 0.6 is 0 Å². The van der Waals surface area contributed by atoms with Crippen molar-refractivity contribution < 1.29 is 4.74 Å². The lowest BCUT2D eigenvalue weighted by Crippen LogP contribution is -2.20.